The van der Waals surface area contributed by atoms with Gasteiger partial charge in [-0.25, -0.2) is 15.0 Å². The van der Waals surface area contributed by atoms with E-state index < -0.39 is 25.6 Å². The summed E-state index contributed by atoms with van der Waals surface area (Å²) in [6.45, 7) is 12.2. The lowest BCUT2D eigenvalue weighted by Gasteiger charge is -2.53. The SMILES string of the molecule is CCNCc1cc(OC2CCC(N3CC(CC#N)(n4cc(-c5ncnc6c5ccn6COCC[Si](C)(C)C)cn4)C3)CC2)nc(C(F)(F)F)n1. The molecule has 0 radical (unpaired) electrons. The van der Waals surface area contributed by atoms with Crippen molar-refractivity contribution in [3.05, 3.63) is 48.6 Å². The standard InChI is InChI=1S/C34H45F3N10O2Si/c1-5-39-18-25-16-29(44-32(43-25)34(35,36)37)49-27-8-6-26(7-9-27)46-20-33(21-46,11-12-38)47-19-24(17-42-47)30-28-10-13-45(31(28)41-22-40-30)23-48-14-15-50(2,3)4/h10,13,16-17,19,22,26-27,39H,5-9,11,14-15,18,20-21,23H2,1-4H3. The third-order valence-corrected chi connectivity index (χ3v) is 11.2. The molecule has 1 aliphatic carbocycles. The molecular formula is C34H45F3N10O2Si. The summed E-state index contributed by atoms with van der Waals surface area (Å²) in [5.41, 5.74) is 2.22. The molecule has 12 nitrogen and oxygen atoms in total. The largest absolute Gasteiger partial charge is 0.474 e. The van der Waals surface area contributed by atoms with Crippen molar-refractivity contribution in [2.24, 2.45) is 0 Å². The summed E-state index contributed by atoms with van der Waals surface area (Å²) in [6, 6.07) is 7.24. The molecule has 1 N–H and O–H groups in total. The minimum Gasteiger partial charge on any atom is -0.474 e. The lowest BCUT2D eigenvalue weighted by Crippen LogP contribution is -2.65. The van der Waals surface area contributed by atoms with Gasteiger partial charge in [0.2, 0.25) is 11.7 Å². The van der Waals surface area contributed by atoms with Gasteiger partial charge < -0.3 is 19.4 Å². The summed E-state index contributed by atoms with van der Waals surface area (Å²) >= 11 is 0. The van der Waals surface area contributed by atoms with E-state index in [1.807, 2.05) is 34.6 Å². The molecule has 50 heavy (non-hydrogen) atoms. The van der Waals surface area contributed by atoms with Crippen LogP contribution in [0.4, 0.5) is 13.2 Å². The Morgan fingerprint density at radius 2 is 1.90 bits per heavy atom. The number of fused-ring (bicyclic) bond motifs is 1. The fraction of sp³-hybridized carbons (Fsp3) is 0.588. The zero-order valence-corrected chi connectivity index (χ0v) is 30.1. The highest BCUT2D eigenvalue weighted by molar-refractivity contribution is 6.76. The summed E-state index contributed by atoms with van der Waals surface area (Å²) in [4.78, 5) is 18.8. The van der Waals surface area contributed by atoms with E-state index in [0.717, 1.165) is 47.8 Å². The van der Waals surface area contributed by atoms with Gasteiger partial charge in [0.05, 0.1) is 30.1 Å². The summed E-state index contributed by atoms with van der Waals surface area (Å²) in [5, 5.41) is 18.4. The molecule has 0 unspecified atom stereocenters. The molecule has 1 saturated carbocycles. The van der Waals surface area contributed by atoms with E-state index >= 15 is 0 Å². The number of nitrogens with one attached hydrogen (secondary N) is 1. The van der Waals surface area contributed by atoms with Crippen LogP contribution in [0, 0.1) is 11.3 Å². The third-order valence-electron chi connectivity index (χ3n) is 9.54. The molecule has 4 aromatic heterocycles. The van der Waals surface area contributed by atoms with Crippen molar-refractivity contribution in [1.82, 2.24) is 44.5 Å². The van der Waals surface area contributed by atoms with Crippen LogP contribution in [-0.4, -0.2) is 85.6 Å². The Hall–Kier alpha value is -3.91. The van der Waals surface area contributed by atoms with Crippen LogP contribution < -0.4 is 10.1 Å². The average Bonchev–Trinajstić information content (AvgIpc) is 3.71. The normalized spacial score (nSPS) is 19.7. The zero-order valence-electron chi connectivity index (χ0n) is 29.1. The van der Waals surface area contributed by atoms with E-state index in [1.54, 1.807) is 12.5 Å². The number of halogens is 3. The molecule has 0 spiro atoms. The summed E-state index contributed by atoms with van der Waals surface area (Å²) < 4.78 is 56.2. The molecule has 4 aromatic rings. The summed E-state index contributed by atoms with van der Waals surface area (Å²) in [7, 11) is -1.18. The molecule has 0 bridgehead atoms. The first kappa shape index (κ1) is 35.9. The smallest absolute Gasteiger partial charge is 0.451 e. The van der Waals surface area contributed by atoms with Crippen molar-refractivity contribution < 1.29 is 22.6 Å². The lowest BCUT2D eigenvalue weighted by atomic mass is 9.82. The maximum atomic E-state index is 13.5. The number of ether oxygens (including phenoxy) is 2. The fourth-order valence-corrected chi connectivity index (χ4v) is 7.50. The highest BCUT2D eigenvalue weighted by Crippen LogP contribution is 2.39. The van der Waals surface area contributed by atoms with Gasteiger partial charge in [0, 0.05) is 69.8 Å². The quantitative estimate of drug-likeness (QED) is 0.126. The second kappa shape index (κ2) is 14.7. The van der Waals surface area contributed by atoms with Crippen molar-refractivity contribution in [3.8, 4) is 23.2 Å². The number of rotatable bonds is 14. The minimum absolute atomic E-state index is 0.0431. The van der Waals surface area contributed by atoms with Gasteiger partial charge in [-0.2, -0.15) is 28.5 Å². The molecule has 1 saturated heterocycles. The van der Waals surface area contributed by atoms with Crippen LogP contribution in [0.5, 0.6) is 5.88 Å². The van der Waals surface area contributed by atoms with E-state index in [1.165, 1.54) is 6.07 Å². The van der Waals surface area contributed by atoms with Gasteiger partial charge in [0.15, 0.2) is 0 Å². The second-order valence-corrected chi connectivity index (χ2v) is 20.2. The first-order valence-corrected chi connectivity index (χ1v) is 20.9. The van der Waals surface area contributed by atoms with Crippen LogP contribution in [0.25, 0.3) is 22.3 Å². The molecule has 16 heteroatoms. The van der Waals surface area contributed by atoms with Gasteiger partial charge in [0.1, 0.15) is 30.3 Å². The highest BCUT2D eigenvalue weighted by atomic mass is 28.3. The van der Waals surface area contributed by atoms with Crippen molar-refractivity contribution in [2.45, 2.75) is 102 Å². The molecule has 0 amide bonds. The monoisotopic (exact) mass is 710 g/mol. The van der Waals surface area contributed by atoms with Crippen molar-refractivity contribution in [3.63, 3.8) is 0 Å². The van der Waals surface area contributed by atoms with Gasteiger partial charge >= 0.3 is 6.18 Å². The Morgan fingerprint density at radius 1 is 1.12 bits per heavy atom. The van der Waals surface area contributed by atoms with Crippen LogP contribution >= 0.6 is 0 Å². The second-order valence-electron chi connectivity index (χ2n) is 14.6. The maximum absolute atomic E-state index is 13.5. The topological polar surface area (TPSA) is 132 Å². The Balaban J connectivity index is 1.07. The Bertz CT molecular complexity index is 1800. The number of aromatic nitrogens is 7. The molecule has 1 aliphatic heterocycles. The van der Waals surface area contributed by atoms with Gasteiger partial charge in [-0.05, 0) is 44.3 Å². The van der Waals surface area contributed by atoms with E-state index in [-0.39, 0.29) is 30.3 Å². The average molecular weight is 711 g/mol. The molecular weight excluding hydrogens is 666 g/mol. The van der Waals surface area contributed by atoms with E-state index in [0.29, 0.717) is 45.6 Å². The number of alkyl halides is 3. The fourth-order valence-electron chi connectivity index (χ4n) is 6.74. The van der Waals surface area contributed by atoms with Crippen LogP contribution in [0.1, 0.15) is 50.5 Å². The molecule has 268 valence electrons. The van der Waals surface area contributed by atoms with E-state index in [4.69, 9.17) is 14.6 Å². The van der Waals surface area contributed by atoms with Crippen molar-refractivity contribution >= 4 is 19.1 Å². The van der Waals surface area contributed by atoms with Crippen LogP contribution in [0.3, 0.4) is 0 Å². The van der Waals surface area contributed by atoms with Crippen molar-refractivity contribution in [2.75, 3.05) is 26.2 Å². The van der Waals surface area contributed by atoms with Gasteiger partial charge in [-0.15, -0.1) is 0 Å². The number of hydrogen-bond donors (Lipinski definition) is 1. The first-order chi connectivity index (χ1) is 23.9. The lowest BCUT2D eigenvalue weighted by molar-refractivity contribution is -0.145. The van der Waals surface area contributed by atoms with E-state index in [9.17, 15) is 18.4 Å². The molecule has 0 atom stereocenters. The number of nitrogens with zero attached hydrogens (tertiary/aromatic N) is 9. The van der Waals surface area contributed by atoms with E-state index in [2.05, 4.69) is 55.9 Å². The third kappa shape index (κ3) is 8.17. The zero-order chi connectivity index (χ0) is 35.5. The summed E-state index contributed by atoms with van der Waals surface area (Å²) in [5.74, 6) is -1.23. The van der Waals surface area contributed by atoms with Crippen LogP contribution in [0.15, 0.2) is 37.1 Å². The number of likely N-dealkylation sites (tertiary alicyclic amines) is 1. The highest BCUT2D eigenvalue weighted by Gasteiger charge is 2.48. The number of hydrogen-bond acceptors (Lipinski definition) is 10. The van der Waals surface area contributed by atoms with Crippen molar-refractivity contribution in [1.29, 1.82) is 5.26 Å². The maximum Gasteiger partial charge on any atom is 0.451 e. The van der Waals surface area contributed by atoms with Crippen LogP contribution in [-0.2, 0) is 29.7 Å². The molecule has 2 fully saturated rings. The Labute approximate surface area is 291 Å². The molecule has 5 heterocycles. The Kier molecular flexibility index (Phi) is 10.6. The predicted molar refractivity (Wildman–Crippen MR) is 184 cm³/mol. The summed E-state index contributed by atoms with van der Waals surface area (Å²) in [6.07, 6.45) is 5.78. The molecule has 0 aromatic carbocycles. The first-order valence-electron chi connectivity index (χ1n) is 17.2. The van der Waals surface area contributed by atoms with Crippen LogP contribution in [0.2, 0.25) is 25.7 Å². The Morgan fingerprint density at radius 3 is 2.60 bits per heavy atom. The van der Waals surface area contributed by atoms with Gasteiger partial charge in [-0.1, -0.05) is 26.6 Å². The van der Waals surface area contributed by atoms with Gasteiger partial charge in [-0.3, -0.25) is 9.58 Å². The molecule has 6 rings (SSSR count). The number of nitriles is 1. The minimum atomic E-state index is -4.66. The molecule has 2 aliphatic rings. The van der Waals surface area contributed by atoms with Gasteiger partial charge in [0.25, 0.3) is 0 Å². The predicted octanol–water partition coefficient (Wildman–Crippen LogP) is 5.84.